The molecule has 1 saturated carbocycles. The minimum atomic E-state index is 0.223. The first kappa shape index (κ1) is 22.7. The largest absolute Gasteiger partial charge is 0.491 e. The molecule has 0 heterocycles. The number of hydrogen-bond donors (Lipinski definition) is 1. The van der Waals surface area contributed by atoms with Gasteiger partial charge in [-0.2, -0.15) is 0 Å². The van der Waals surface area contributed by atoms with Crippen molar-refractivity contribution in [2.75, 3.05) is 25.5 Å². The van der Waals surface area contributed by atoms with Crippen LogP contribution in [0.3, 0.4) is 0 Å². The summed E-state index contributed by atoms with van der Waals surface area (Å²) in [6.07, 6.45) is 8.36. The topological polar surface area (TPSA) is 24.5 Å². The van der Waals surface area contributed by atoms with Gasteiger partial charge in [0.1, 0.15) is 5.75 Å². The maximum absolute atomic E-state index is 5.85. The van der Waals surface area contributed by atoms with Crippen molar-refractivity contribution in [3.05, 3.63) is 59.7 Å². The summed E-state index contributed by atoms with van der Waals surface area (Å²) >= 11 is 0. The molecule has 30 heavy (non-hydrogen) atoms. The number of ether oxygens (including phenoxy) is 1. The van der Waals surface area contributed by atoms with Gasteiger partial charge in [0.2, 0.25) is 0 Å². The molecule has 0 aromatic heterocycles. The van der Waals surface area contributed by atoms with Crippen LogP contribution in [0, 0.1) is 5.92 Å². The highest BCUT2D eigenvalue weighted by atomic mass is 16.5. The van der Waals surface area contributed by atoms with E-state index in [2.05, 4.69) is 86.7 Å². The first-order valence-electron chi connectivity index (χ1n) is 11.8. The van der Waals surface area contributed by atoms with Crippen LogP contribution in [0.4, 0.5) is 5.69 Å². The second-order valence-corrected chi connectivity index (χ2v) is 9.27. The van der Waals surface area contributed by atoms with Crippen molar-refractivity contribution in [1.82, 2.24) is 5.32 Å². The highest BCUT2D eigenvalue weighted by Gasteiger charge is 2.24. The van der Waals surface area contributed by atoms with E-state index in [1.54, 1.807) is 0 Å². The van der Waals surface area contributed by atoms with Gasteiger partial charge in [0.05, 0.1) is 6.10 Å². The standard InChI is InChI=1S/C27H40N2O/c1-21(2)30-26-16-12-24(13-17-26)27(23-8-6-5-7-9-23)18-19-28-20-22-10-14-25(15-11-22)29(3)4/h10-17,21,23,27-28H,5-9,18-20H2,1-4H3. The molecule has 1 unspecified atom stereocenters. The Kier molecular flexibility index (Phi) is 8.62. The predicted octanol–water partition coefficient (Wildman–Crippen LogP) is 6.38. The first-order chi connectivity index (χ1) is 14.5. The molecule has 1 aliphatic rings. The molecule has 0 amide bonds. The predicted molar refractivity (Wildman–Crippen MR) is 129 cm³/mol. The zero-order valence-electron chi connectivity index (χ0n) is 19.4. The van der Waals surface area contributed by atoms with E-state index < -0.39 is 0 Å². The van der Waals surface area contributed by atoms with E-state index in [4.69, 9.17) is 4.74 Å². The number of nitrogens with one attached hydrogen (secondary N) is 1. The van der Waals surface area contributed by atoms with E-state index in [-0.39, 0.29) is 6.10 Å². The lowest BCUT2D eigenvalue weighted by atomic mass is 9.75. The van der Waals surface area contributed by atoms with Gasteiger partial charge in [-0.15, -0.1) is 0 Å². The molecular formula is C27H40N2O. The van der Waals surface area contributed by atoms with Crippen molar-refractivity contribution in [3.8, 4) is 5.75 Å². The molecule has 1 aliphatic carbocycles. The summed E-state index contributed by atoms with van der Waals surface area (Å²) in [4.78, 5) is 2.14. The van der Waals surface area contributed by atoms with Crippen LogP contribution >= 0.6 is 0 Å². The molecule has 1 N–H and O–H groups in total. The molecule has 3 rings (SSSR count). The fourth-order valence-corrected chi connectivity index (χ4v) is 4.68. The van der Waals surface area contributed by atoms with E-state index in [0.717, 1.165) is 24.8 Å². The van der Waals surface area contributed by atoms with E-state index in [9.17, 15) is 0 Å². The number of hydrogen-bond acceptors (Lipinski definition) is 3. The summed E-state index contributed by atoms with van der Waals surface area (Å²) < 4.78 is 5.85. The van der Waals surface area contributed by atoms with Crippen LogP contribution in [0.1, 0.15) is 69.4 Å². The summed E-state index contributed by atoms with van der Waals surface area (Å²) in [6, 6.07) is 17.8. The second kappa shape index (κ2) is 11.4. The number of rotatable bonds is 10. The fraction of sp³-hybridized carbons (Fsp3) is 0.556. The summed E-state index contributed by atoms with van der Waals surface area (Å²) in [7, 11) is 4.17. The van der Waals surface area contributed by atoms with Crippen molar-refractivity contribution >= 4 is 5.69 Å². The minimum Gasteiger partial charge on any atom is -0.491 e. The monoisotopic (exact) mass is 408 g/mol. The van der Waals surface area contributed by atoms with E-state index >= 15 is 0 Å². The van der Waals surface area contributed by atoms with Crippen LogP contribution in [0.15, 0.2) is 48.5 Å². The highest BCUT2D eigenvalue weighted by molar-refractivity contribution is 5.45. The van der Waals surface area contributed by atoms with Crippen molar-refractivity contribution < 1.29 is 4.74 Å². The van der Waals surface area contributed by atoms with Crippen LogP contribution in [0.2, 0.25) is 0 Å². The minimum absolute atomic E-state index is 0.223. The molecule has 0 radical (unpaired) electrons. The zero-order chi connectivity index (χ0) is 21.3. The van der Waals surface area contributed by atoms with Gasteiger partial charge in [0.15, 0.2) is 0 Å². The third-order valence-corrected chi connectivity index (χ3v) is 6.31. The molecule has 1 fully saturated rings. The van der Waals surface area contributed by atoms with Crippen molar-refractivity contribution in [2.24, 2.45) is 5.92 Å². The normalized spacial score (nSPS) is 15.9. The molecule has 3 nitrogen and oxygen atoms in total. The van der Waals surface area contributed by atoms with Crippen LogP contribution in [-0.4, -0.2) is 26.7 Å². The van der Waals surface area contributed by atoms with E-state index in [1.165, 1.54) is 55.3 Å². The Labute approximate surface area is 183 Å². The number of benzene rings is 2. The van der Waals surface area contributed by atoms with Gasteiger partial charge in [0.25, 0.3) is 0 Å². The Morgan fingerprint density at radius 1 is 0.933 bits per heavy atom. The lowest BCUT2D eigenvalue weighted by Crippen LogP contribution is -2.22. The van der Waals surface area contributed by atoms with Gasteiger partial charge in [-0.3, -0.25) is 0 Å². The SMILES string of the molecule is CC(C)Oc1ccc(C(CCNCc2ccc(N(C)C)cc2)C2CCCCC2)cc1. The summed E-state index contributed by atoms with van der Waals surface area (Å²) in [5, 5.41) is 3.69. The smallest absolute Gasteiger partial charge is 0.119 e. The Morgan fingerprint density at radius 2 is 1.60 bits per heavy atom. The van der Waals surface area contributed by atoms with Crippen LogP contribution in [-0.2, 0) is 6.54 Å². The molecule has 0 spiro atoms. The Balaban J connectivity index is 1.57. The average molecular weight is 409 g/mol. The molecule has 2 aromatic carbocycles. The zero-order valence-corrected chi connectivity index (χ0v) is 19.4. The molecule has 1 atom stereocenters. The lowest BCUT2D eigenvalue weighted by Gasteiger charge is -2.31. The molecule has 3 heteroatoms. The highest BCUT2D eigenvalue weighted by Crippen LogP contribution is 2.38. The van der Waals surface area contributed by atoms with Gasteiger partial charge in [0, 0.05) is 26.3 Å². The molecular weight excluding hydrogens is 368 g/mol. The average Bonchev–Trinajstić information content (AvgIpc) is 2.75. The summed E-state index contributed by atoms with van der Waals surface area (Å²) in [6.45, 7) is 6.16. The van der Waals surface area contributed by atoms with Gasteiger partial charge in [-0.25, -0.2) is 0 Å². The van der Waals surface area contributed by atoms with Crippen molar-refractivity contribution in [2.45, 2.75) is 70.9 Å². The third kappa shape index (κ3) is 6.77. The summed E-state index contributed by atoms with van der Waals surface area (Å²) in [5.41, 5.74) is 4.08. The quantitative estimate of drug-likeness (QED) is 0.461. The van der Waals surface area contributed by atoms with Crippen molar-refractivity contribution in [1.29, 1.82) is 0 Å². The molecule has 0 bridgehead atoms. The second-order valence-electron chi connectivity index (χ2n) is 9.27. The van der Waals surface area contributed by atoms with E-state index in [0.29, 0.717) is 5.92 Å². The van der Waals surface area contributed by atoms with E-state index in [1.807, 2.05) is 0 Å². The Bertz CT molecular complexity index is 730. The first-order valence-corrected chi connectivity index (χ1v) is 11.8. The Hall–Kier alpha value is -2.00. The molecule has 0 aliphatic heterocycles. The van der Waals surface area contributed by atoms with Gasteiger partial charge in [-0.1, -0.05) is 43.5 Å². The number of anilines is 1. The van der Waals surface area contributed by atoms with Crippen LogP contribution < -0.4 is 15.0 Å². The molecule has 164 valence electrons. The Morgan fingerprint density at radius 3 is 2.20 bits per heavy atom. The maximum Gasteiger partial charge on any atom is 0.119 e. The van der Waals surface area contributed by atoms with Crippen LogP contribution in [0.5, 0.6) is 5.75 Å². The van der Waals surface area contributed by atoms with Gasteiger partial charge >= 0.3 is 0 Å². The van der Waals surface area contributed by atoms with Gasteiger partial charge < -0.3 is 15.0 Å². The van der Waals surface area contributed by atoms with Gasteiger partial charge in [-0.05, 0) is 86.9 Å². The fourth-order valence-electron chi connectivity index (χ4n) is 4.68. The third-order valence-electron chi connectivity index (χ3n) is 6.31. The number of nitrogens with zero attached hydrogens (tertiary/aromatic N) is 1. The lowest BCUT2D eigenvalue weighted by molar-refractivity contribution is 0.242. The maximum atomic E-state index is 5.85. The molecule has 2 aromatic rings. The summed E-state index contributed by atoms with van der Waals surface area (Å²) in [5.74, 6) is 2.44. The van der Waals surface area contributed by atoms with Crippen LogP contribution in [0.25, 0.3) is 0 Å². The molecule has 0 saturated heterocycles. The van der Waals surface area contributed by atoms with Crippen molar-refractivity contribution in [3.63, 3.8) is 0 Å².